The minimum Gasteiger partial charge on any atom is -0.444 e. The Morgan fingerprint density at radius 2 is 2.15 bits per heavy atom. The zero-order chi connectivity index (χ0) is 19.3. The Hall–Kier alpha value is -2.55. The van der Waals surface area contributed by atoms with Crippen molar-refractivity contribution in [3.63, 3.8) is 0 Å². The van der Waals surface area contributed by atoms with E-state index in [2.05, 4.69) is 32.9 Å². The molecule has 0 saturated heterocycles. The average molecular weight is 366 g/mol. The van der Waals surface area contributed by atoms with Crippen LogP contribution in [0.2, 0.25) is 0 Å². The van der Waals surface area contributed by atoms with Crippen molar-refractivity contribution in [1.82, 2.24) is 9.78 Å². The number of aryl methyl sites for hydroxylation is 1. The standard InChI is InChI=1S/C21H26N4O2/c1-4-7-25-15(8-14(24-25)12-5-6-12)18-13(11-22)20(23)27-17-10-21(2,3)9-16(26)19(17)18/h8,12,18H,4-7,9-10,23H2,1-3H3/t18-/m0/s1. The molecule has 142 valence electrons. The van der Waals surface area contributed by atoms with Crippen LogP contribution in [0.5, 0.6) is 0 Å². The molecular formula is C21H26N4O2. The predicted molar refractivity (Wildman–Crippen MR) is 100 cm³/mol. The van der Waals surface area contributed by atoms with E-state index in [0.717, 1.165) is 37.2 Å². The Morgan fingerprint density at radius 3 is 2.78 bits per heavy atom. The van der Waals surface area contributed by atoms with Crippen molar-refractivity contribution >= 4 is 5.78 Å². The summed E-state index contributed by atoms with van der Waals surface area (Å²) in [5.41, 5.74) is 8.82. The van der Waals surface area contributed by atoms with Gasteiger partial charge in [0.05, 0.1) is 17.3 Å². The molecule has 6 nitrogen and oxygen atoms in total. The molecule has 1 aromatic rings. The number of hydrogen-bond donors (Lipinski definition) is 1. The number of carbonyl (C=O) groups is 1. The molecule has 2 N–H and O–H groups in total. The van der Waals surface area contributed by atoms with Crippen LogP contribution in [-0.2, 0) is 16.1 Å². The Kier molecular flexibility index (Phi) is 4.14. The van der Waals surface area contributed by atoms with E-state index in [1.165, 1.54) is 0 Å². The molecule has 1 fully saturated rings. The molecule has 0 spiro atoms. The fraction of sp³-hybridized carbons (Fsp3) is 0.571. The Balaban J connectivity index is 1.88. The smallest absolute Gasteiger partial charge is 0.205 e. The van der Waals surface area contributed by atoms with Crippen molar-refractivity contribution in [2.45, 2.75) is 71.3 Å². The summed E-state index contributed by atoms with van der Waals surface area (Å²) < 4.78 is 7.75. The summed E-state index contributed by atoms with van der Waals surface area (Å²) >= 11 is 0. The van der Waals surface area contributed by atoms with E-state index in [-0.39, 0.29) is 17.1 Å². The number of hydrogen-bond acceptors (Lipinski definition) is 5. The molecule has 27 heavy (non-hydrogen) atoms. The first-order valence-electron chi connectivity index (χ1n) is 9.76. The number of nitrogens with zero attached hydrogens (tertiary/aromatic N) is 3. The molecule has 1 atom stereocenters. The maximum absolute atomic E-state index is 13.1. The normalized spacial score (nSPS) is 24.5. The number of ether oxygens (including phenoxy) is 1. The van der Waals surface area contributed by atoms with Gasteiger partial charge in [-0.3, -0.25) is 9.48 Å². The van der Waals surface area contributed by atoms with Crippen LogP contribution in [0.3, 0.4) is 0 Å². The minimum absolute atomic E-state index is 0.0451. The van der Waals surface area contributed by atoms with Crippen LogP contribution in [-0.4, -0.2) is 15.6 Å². The zero-order valence-electron chi connectivity index (χ0n) is 16.2. The van der Waals surface area contributed by atoms with E-state index in [4.69, 9.17) is 15.6 Å². The van der Waals surface area contributed by atoms with E-state index >= 15 is 0 Å². The van der Waals surface area contributed by atoms with Gasteiger partial charge in [-0.1, -0.05) is 20.8 Å². The van der Waals surface area contributed by atoms with E-state index in [0.29, 0.717) is 35.7 Å². The number of rotatable bonds is 4. The number of ketones is 1. The molecule has 6 heteroatoms. The van der Waals surface area contributed by atoms with Gasteiger partial charge in [0.15, 0.2) is 5.78 Å². The Labute approximate surface area is 159 Å². The second-order valence-corrected chi connectivity index (χ2v) is 8.69. The molecule has 0 amide bonds. The van der Waals surface area contributed by atoms with E-state index in [9.17, 15) is 10.1 Å². The number of carbonyl (C=O) groups excluding carboxylic acids is 1. The molecule has 1 aliphatic heterocycles. The van der Waals surface area contributed by atoms with Gasteiger partial charge in [-0.2, -0.15) is 10.4 Å². The lowest BCUT2D eigenvalue weighted by Gasteiger charge is -2.37. The summed E-state index contributed by atoms with van der Waals surface area (Å²) in [5, 5.41) is 14.6. The SMILES string of the molecule is CCCn1nc(C2CC2)cc1[C@@H]1C(C#N)=C(N)OC2=C1C(=O)CC(C)(C)C2. The number of allylic oxidation sites excluding steroid dienone is 3. The minimum atomic E-state index is -0.478. The molecule has 2 heterocycles. The van der Waals surface area contributed by atoms with Crippen LogP contribution < -0.4 is 5.73 Å². The third-order valence-corrected chi connectivity index (χ3v) is 5.63. The van der Waals surface area contributed by atoms with Crippen molar-refractivity contribution in [2.24, 2.45) is 11.1 Å². The van der Waals surface area contributed by atoms with Crippen LogP contribution in [0.4, 0.5) is 0 Å². The highest BCUT2D eigenvalue weighted by Crippen LogP contribution is 2.49. The van der Waals surface area contributed by atoms with Gasteiger partial charge >= 0.3 is 0 Å². The van der Waals surface area contributed by atoms with Gasteiger partial charge < -0.3 is 10.5 Å². The highest BCUT2D eigenvalue weighted by molar-refractivity contribution is 5.99. The lowest BCUT2D eigenvalue weighted by atomic mass is 9.71. The maximum atomic E-state index is 13.1. The van der Waals surface area contributed by atoms with Crippen molar-refractivity contribution in [1.29, 1.82) is 5.26 Å². The van der Waals surface area contributed by atoms with E-state index in [1.807, 2.05) is 4.68 Å². The van der Waals surface area contributed by atoms with Gasteiger partial charge in [0.25, 0.3) is 0 Å². The molecular weight excluding hydrogens is 340 g/mol. The van der Waals surface area contributed by atoms with Gasteiger partial charge in [-0.25, -0.2) is 0 Å². The Bertz CT molecular complexity index is 909. The summed E-state index contributed by atoms with van der Waals surface area (Å²) in [5.74, 6) is 0.805. The number of Topliss-reactive ketones (excluding diaryl/α,β-unsaturated/α-hetero) is 1. The first-order chi connectivity index (χ1) is 12.8. The molecule has 0 radical (unpaired) electrons. The van der Waals surface area contributed by atoms with Gasteiger partial charge in [-0.05, 0) is 30.7 Å². The lowest BCUT2D eigenvalue weighted by molar-refractivity contribution is -0.119. The third kappa shape index (κ3) is 3.05. The monoisotopic (exact) mass is 366 g/mol. The molecule has 4 rings (SSSR count). The summed E-state index contributed by atoms with van der Waals surface area (Å²) in [6.45, 7) is 6.96. The van der Waals surface area contributed by atoms with Gasteiger partial charge in [0, 0.05) is 30.9 Å². The first kappa shape index (κ1) is 17.8. The second kappa shape index (κ2) is 6.26. The number of nitrogens with two attached hydrogens (primary N) is 1. The molecule has 0 unspecified atom stereocenters. The molecule has 1 aromatic heterocycles. The topological polar surface area (TPSA) is 93.9 Å². The average Bonchev–Trinajstić information content (AvgIpc) is 3.34. The molecule has 0 aromatic carbocycles. The van der Waals surface area contributed by atoms with Gasteiger partial charge in [0.1, 0.15) is 17.4 Å². The molecule has 3 aliphatic rings. The van der Waals surface area contributed by atoms with Crippen molar-refractivity contribution in [2.75, 3.05) is 0 Å². The Morgan fingerprint density at radius 1 is 1.41 bits per heavy atom. The number of aromatic nitrogens is 2. The molecule has 2 aliphatic carbocycles. The van der Waals surface area contributed by atoms with Crippen molar-refractivity contribution in [3.8, 4) is 6.07 Å². The molecule has 0 bridgehead atoms. The predicted octanol–water partition coefficient (Wildman–Crippen LogP) is 3.62. The number of nitriles is 1. The van der Waals surface area contributed by atoms with Crippen LogP contribution in [0.15, 0.2) is 28.9 Å². The van der Waals surface area contributed by atoms with Gasteiger partial charge in [-0.15, -0.1) is 0 Å². The maximum Gasteiger partial charge on any atom is 0.205 e. The quantitative estimate of drug-likeness (QED) is 0.878. The highest BCUT2D eigenvalue weighted by Gasteiger charge is 2.44. The zero-order valence-corrected chi connectivity index (χ0v) is 16.2. The van der Waals surface area contributed by atoms with Gasteiger partial charge in [0.2, 0.25) is 5.88 Å². The van der Waals surface area contributed by atoms with Crippen LogP contribution >= 0.6 is 0 Å². The van der Waals surface area contributed by atoms with Crippen LogP contribution in [0, 0.1) is 16.7 Å². The first-order valence-corrected chi connectivity index (χ1v) is 9.76. The molecule has 1 saturated carbocycles. The van der Waals surface area contributed by atoms with Crippen LogP contribution in [0.1, 0.15) is 76.1 Å². The fourth-order valence-electron chi connectivity index (χ4n) is 4.23. The summed E-state index contributed by atoms with van der Waals surface area (Å²) in [6, 6.07) is 4.28. The summed E-state index contributed by atoms with van der Waals surface area (Å²) in [4.78, 5) is 13.1. The van der Waals surface area contributed by atoms with Crippen molar-refractivity contribution < 1.29 is 9.53 Å². The highest BCUT2D eigenvalue weighted by atomic mass is 16.5. The summed E-state index contributed by atoms with van der Waals surface area (Å²) in [6.07, 6.45) is 4.32. The fourth-order valence-corrected chi connectivity index (χ4v) is 4.23. The third-order valence-electron chi connectivity index (χ3n) is 5.63. The van der Waals surface area contributed by atoms with Crippen LogP contribution in [0.25, 0.3) is 0 Å². The van der Waals surface area contributed by atoms with E-state index < -0.39 is 5.92 Å². The second-order valence-electron chi connectivity index (χ2n) is 8.69. The largest absolute Gasteiger partial charge is 0.444 e. The summed E-state index contributed by atoms with van der Waals surface area (Å²) in [7, 11) is 0. The lowest BCUT2D eigenvalue weighted by Crippen LogP contribution is -2.34. The van der Waals surface area contributed by atoms with E-state index in [1.54, 1.807) is 0 Å². The van der Waals surface area contributed by atoms with Crippen molar-refractivity contribution in [3.05, 3.63) is 40.2 Å².